The Morgan fingerprint density at radius 2 is 2.15 bits per heavy atom. The van der Waals surface area contributed by atoms with E-state index in [0.717, 1.165) is 24.4 Å². The molecule has 132 valence electrons. The summed E-state index contributed by atoms with van der Waals surface area (Å²) in [6.45, 7) is 2.65. The number of nitrogens with one attached hydrogen (secondary N) is 1. The van der Waals surface area contributed by atoms with Gasteiger partial charge in [0, 0.05) is 18.9 Å². The Hall–Kier alpha value is -3.11. The molecule has 3 aromatic heterocycles. The fourth-order valence-electron chi connectivity index (χ4n) is 3.26. The van der Waals surface area contributed by atoms with Crippen molar-refractivity contribution in [1.29, 1.82) is 5.26 Å². The van der Waals surface area contributed by atoms with Crippen LogP contribution in [0, 0.1) is 11.3 Å². The van der Waals surface area contributed by atoms with Crippen LogP contribution in [-0.4, -0.2) is 34.5 Å². The normalized spacial score (nSPS) is 15.7. The summed E-state index contributed by atoms with van der Waals surface area (Å²) in [6.07, 6.45) is 7.41. The molecule has 0 spiro atoms. The number of aromatic nitrogens is 2. The summed E-state index contributed by atoms with van der Waals surface area (Å²) in [5, 5.41) is 12.6. The molecule has 1 aliphatic rings. The van der Waals surface area contributed by atoms with E-state index in [0.29, 0.717) is 18.3 Å². The van der Waals surface area contributed by atoms with Gasteiger partial charge in [-0.25, -0.2) is 0 Å². The van der Waals surface area contributed by atoms with Crippen molar-refractivity contribution < 1.29 is 8.83 Å². The van der Waals surface area contributed by atoms with Gasteiger partial charge in [-0.15, -0.1) is 0 Å². The number of pyridine rings is 1. The molecule has 0 aliphatic carbocycles. The van der Waals surface area contributed by atoms with Gasteiger partial charge in [-0.05, 0) is 50.2 Å². The molecule has 1 aliphatic heterocycles. The van der Waals surface area contributed by atoms with Gasteiger partial charge in [0.05, 0.1) is 17.9 Å². The minimum absolute atomic E-state index is 0.0889. The molecule has 7 heteroatoms. The van der Waals surface area contributed by atoms with Crippen molar-refractivity contribution in [1.82, 2.24) is 14.9 Å². The zero-order valence-electron chi connectivity index (χ0n) is 14.3. The molecule has 0 saturated carbocycles. The molecule has 3 aromatic rings. The highest BCUT2D eigenvalue weighted by Gasteiger charge is 2.26. The second-order valence-electron chi connectivity index (χ2n) is 6.21. The zero-order chi connectivity index (χ0) is 17.8. The van der Waals surface area contributed by atoms with Crippen LogP contribution in [0.5, 0.6) is 0 Å². The lowest BCUT2D eigenvalue weighted by atomic mass is 10.2. The lowest BCUT2D eigenvalue weighted by Crippen LogP contribution is -2.30. The summed E-state index contributed by atoms with van der Waals surface area (Å²) in [4.78, 5) is 10.7. The Morgan fingerprint density at radius 3 is 2.85 bits per heavy atom. The molecule has 0 bridgehead atoms. The van der Waals surface area contributed by atoms with Crippen LogP contribution in [0.25, 0.3) is 11.5 Å². The fraction of sp³-hybridized carbons (Fsp3) is 0.316. The maximum atomic E-state index is 9.38. The van der Waals surface area contributed by atoms with Crippen LogP contribution in [0.1, 0.15) is 30.3 Å². The number of anilines is 1. The van der Waals surface area contributed by atoms with Crippen molar-refractivity contribution in [2.45, 2.75) is 18.9 Å². The largest absolute Gasteiger partial charge is 0.468 e. The average Bonchev–Trinajstić information content (AvgIpc) is 3.45. The van der Waals surface area contributed by atoms with E-state index >= 15 is 0 Å². The fourth-order valence-corrected chi connectivity index (χ4v) is 3.26. The SMILES string of the molecule is N#Cc1nc(-c2cccnc2)oc1NC[C@@H](c1ccco1)N1CCCC1. The van der Waals surface area contributed by atoms with Crippen LogP contribution < -0.4 is 5.32 Å². The Kier molecular flexibility index (Phi) is 4.67. The highest BCUT2D eigenvalue weighted by Crippen LogP contribution is 2.28. The summed E-state index contributed by atoms with van der Waals surface area (Å²) in [7, 11) is 0. The molecule has 4 rings (SSSR count). The summed E-state index contributed by atoms with van der Waals surface area (Å²) in [5.41, 5.74) is 0.975. The molecule has 0 radical (unpaired) electrons. The third-order valence-electron chi connectivity index (χ3n) is 4.55. The topological polar surface area (TPSA) is 91.1 Å². The maximum Gasteiger partial charge on any atom is 0.232 e. The Balaban J connectivity index is 1.54. The number of rotatable bonds is 6. The van der Waals surface area contributed by atoms with E-state index < -0.39 is 0 Å². The Morgan fingerprint density at radius 1 is 1.27 bits per heavy atom. The minimum Gasteiger partial charge on any atom is -0.468 e. The first kappa shape index (κ1) is 16.4. The van der Waals surface area contributed by atoms with Gasteiger partial charge in [-0.3, -0.25) is 9.88 Å². The monoisotopic (exact) mass is 349 g/mol. The van der Waals surface area contributed by atoms with Crippen LogP contribution in [0.2, 0.25) is 0 Å². The highest BCUT2D eigenvalue weighted by atomic mass is 16.4. The second kappa shape index (κ2) is 7.42. The first-order valence-corrected chi connectivity index (χ1v) is 8.68. The van der Waals surface area contributed by atoms with Gasteiger partial charge in [-0.1, -0.05) is 0 Å². The van der Waals surface area contributed by atoms with Crippen molar-refractivity contribution in [3.63, 3.8) is 0 Å². The van der Waals surface area contributed by atoms with Crippen molar-refractivity contribution in [2.24, 2.45) is 0 Å². The minimum atomic E-state index is 0.0889. The van der Waals surface area contributed by atoms with Gasteiger partial charge in [-0.2, -0.15) is 10.2 Å². The zero-order valence-corrected chi connectivity index (χ0v) is 14.3. The molecular weight excluding hydrogens is 330 g/mol. The molecule has 1 saturated heterocycles. The third kappa shape index (κ3) is 3.32. The van der Waals surface area contributed by atoms with Gasteiger partial charge >= 0.3 is 0 Å². The molecule has 1 atom stereocenters. The molecule has 1 N–H and O–H groups in total. The van der Waals surface area contributed by atoms with Crippen molar-refractivity contribution >= 4 is 5.88 Å². The van der Waals surface area contributed by atoms with Gasteiger partial charge in [0.2, 0.25) is 17.5 Å². The van der Waals surface area contributed by atoms with Gasteiger partial charge in [0.25, 0.3) is 0 Å². The molecule has 0 amide bonds. The molecule has 0 unspecified atom stereocenters. The summed E-state index contributed by atoms with van der Waals surface area (Å²) in [5.74, 6) is 1.67. The van der Waals surface area contributed by atoms with Crippen molar-refractivity contribution in [3.05, 3.63) is 54.4 Å². The number of likely N-dealkylation sites (tertiary alicyclic amines) is 1. The third-order valence-corrected chi connectivity index (χ3v) is 4.55. The molecule has 0 aromatic carbocycles. The first-order valence-electron chi connectivity index (χ1n) is 8.68. The van der Waals surface area contributed by atoms with Gasteiger partial charge in [0.15, 0.2) is 0 Å². The Labute approximate surface area is 151 Å². The first-order chi connectivity index (χ1) is 12.8. The number of furan rings is 1. The predicted octanol–water partition coefficient (Wildman–Crippen LogP) is 3.45. The lowest BCUT2D eigenvalue weighted by molar-refractivity contribution is 0.224. The standard InChI is InChI=1S/C19H19N5O2/c20-11-15-19(26-18(23-15)14-5-3-7-21-12-14)22-13-16(17-6-4-10-25-17)24-8-1-2-9-24/h3-7,10,12,16,22H,1-2,8-9,13H2/t16-/m0/s1. The average molecular weight is 349 g/mol. The van der Waals surface area contributed by atoms with Crippen molar-refractivity contribution in [2.75, 3.05) is 25.0 Å². The van der Waals surface area contributed by atoms with E-state index in [4.69, 9.17) is 8.83 Å². The molecule has 7 nitrogen and oxygen atoms in total. The highest BCUT2D eigenvalue weighted by molar-refractivity contribution is 5.57. The molecule has 1 fully saturated rings. The maximum absolute atomic E-state index is 9.38. The van der Waals surface area contributed by atoms with Crippen LogP contribution >= 0.6 is 0 Å². The Bertz CT molecular complexity index is 877. The number of nitrogens with zero attached hydrogens (tertiary/aromatic N) is 4. The number of hydrogen-bond donors (Lipinski definition) is 1. The van der Waals surface area contributed by atoms with E-state index in [9.17, 15) is 5.26 Å². The molecule has 26 heavy (non-hydrogen) atoms. The number of nitriles is 1. The summed E-state index contributed by atoms with van der Waals surface area (Å²) >= 11 is 0. The van der Waals surface area contributed by atoms with E-state index in [1.165, 1.54) is 12.8 Å². The van der Waals surface area contributed by atoms with Gasteiger partial charge in [0.1, 0.15) is 11.8 Å². The second-order valence-corrected chi connectivity index (χ2v) is 6.21. The van der Waals surface area contributed by atoms with Crippen LogP contribution in [-0.2, 0) is 0 Å². The van der Waals surface area contributed by atoms with Crippen molar-refractivity contribution in [3.8, 4) is 17.5 Å². The molecule has 4 heterocycles. The van der Waals surface area contributed by atoms with Crippen LogP contribution in [0.15, 0.2) is 51.8 Å². The summed E-state index contributed by atoms with van der Waals surface area (Å²) < 4.78 is 11.4. The van der Waals surface area contributed by atoms with Crippen LogP contribution in [0.3, 0.4) is 0 Å². The number of oxazole rings is 1. The summed E-state index contributed by atoms with van der Waals surface area (Å²) in [6, 6.07) is 9.71. The number of hydrogen-bond acceptors (Lipinski definition) is 7. The lowest BCUT2D eigenvalue weighted by Gasteiger charge is -2.25. The van der Waals surface area contributed by atoms with E-state index in [1.807, 2.05) is 18.2 Å². The predicted molar refractivity (Wildman–Crippen MR) is 95.2 cm³/mol. The van der Waals surface area contributed by atoms with E-state index in [-0.39, 0.29) is 11.7 Å². The molecular formula is C19H19N5O2. The smallest absolute Gasteiger partial charge is 0.232 e. The van der Waals surface area contributed by atoms with E-state index in [1.54, 1.807) is 24.7 Å². The quantitative estimate of drug-likeness (QED) is 0.728. The van der Waals surface area contributed by atoms with Crippen LogP contribution in [0.4, 0.5) is 5.88 Å². The van der Waals surface area contributed by atoms with E-state index in [2.05, 4.69) is 26.3 Å². The van der Waals surface area contributed by atoms with Gasteiger partial charge < -0.3 is 14.2 Å².